The lowest BCUT2D eigenvalue weighted by atomic mass is 9.80. The maximum absolute atomic E-state index is 12.8. The molecule has 2 N–H and O–H groups in total. The van der Waals surface area contributed by atoms with Gasteiger partial charge in [0.1, 0.15) is 17.2 Å². The van der Waals surface area contributed by atoms with Crippen molar-refractivity contribution in [3.8, 4) is 6.07 Å². The van der Waals surface area contributed by atoms with Crippen molar-refractivity contribution >= 4 is 17.5 Å². The van der Waals surface area contributed by atoms with Gasteiger partial charge in [0.2, 0.25) is 11.8 Å². The van der Waals surface area contributed by atoms with Crippen LogP contribution in [-0.4, -0.2) is 38.5 Å². The second-order valence-electron chi connectivity index (χ2n) is 7.72. The molecule has 0 spiro atoms. The third kappa shape index (κ3) is 4.09. The maximum Gasteiger partial charge on any atom is 0.245 e. The van der Waals surface area contributed by atoms with Crippen molar-refractivity contribution < 1.29 is 9.59 Å². The van der Waals surface area contributed by atoms with Crippen molar-refractivity contribution in [3.63, 3.8) is 0 Å². The molecular formula is C21H28N6O2. The van der Waals surface area contributed by atoms with Gasteiger partial charge >= 0.3 is 0 Å². The summed E-state index contributed by atoms with van der Waals surface area (Å²) in [6.45, 7) is 6.24. The van der Waals surface area contributed by atoms with Crippen LogP contribution in [0.4, 0.5) is 0 Å². The number of hydrogen-bond donors (Lipinski definition) is 2. The zero-order valence-electron chi connectivity index (χ0n) is 17.3. The molecule has 0 aliphatic heterocycles. The Morgan fingerprint density at radius 2 is 2.00 bits per heavy atom. The van der Waals surface area contributed by atoms with Gasteiger partial charge in [-0.3, -0.25) is 9.59 Å². The highest BCUT2D eigenvalue weighted by Crippen LogP contribution is 2.29. The summed E-state index contributed by atoms with van der Waals surface area (Å²) in [6.07, 6.45) is 6.61. The van der Waals surface area contributed by atoms with E-state index in [1.54, 1.807) is 4.52 Å². The molecule has 0 bridgehead atoms. The van der Waals surface area contributed by atoms with E-state index in [2.05, 4.69) is 26.8 Å². The number of carbonyl (C=O) groups excluding carboxylic acids is 2. The molecule has 2 aromatic heterocycles. The fraction of sp³-hybridized carbons (Fsp3) is 0.571. The molecule has 3 rings (SSSR count). The first kappa shape index (κ1) is 20.8. The predicted molar refractivity (Wildman–Crippen MR) is 108 cm³/mol. The quantitative estimate of drug-likeness (QED) is 0.776. The van der Waals surface area contributed by atoms with Gasteiger partial charge in [-0.1, -0.05) is 19.3 Å². The predicted octanol–water partition coefficient (Wildman–Crippen LogP) is 2.11. The van der Waals surface area contributed by atoms with E-state index < -0.39 is 5.54 Å². The second kappa shape index (κ2) is 8.60. The van der Waals surface area contributed by atoms with Gasteiger partial charge in [0.25, 0.3) is 0 Å². The lowest BCUT2D eigenvalue weighted by Gasteiger charge is -2.36. The van der Waals surface area contributed by atoms with E-state index in [1.165, 1.54) is 6.20 Å². The van der Waals surface area contributed by atoms with Crippen LogP contribution in [0.5, 0.6) is 0 Å². The SMILES string of the molecule is CCNC(=O)C1(NC(=O)CCc2c(C)nc3c(C#N)cnn3c2C)CCCCC1. The van der Waals surface area contributed by atoms with Gasteiger partial charge in [-0.05, 0) is 45.6 Å². The summed E-state index contributed by atoms with van der Waals surface area (Å²) < 4.78 is 1.65. The summed E-state index contributed by atoms with van der Waals surface area (Å²) >= 11 is 0. The van der Waals surface area contributed by atoms with Gasteiger partial charge in [-0.15, -0.1) is 0 Å². The topological polar surface area (TPSA) is 112 Å². The number of nitriles is 1. The van der Waals surface area contributed by atoms with E-state index in [9.17, 15) is 14.9 Å². The second-order valence-corrected chi connectivity index (χ2v) is 7.72. The molecule has 0 aromatic carbocycles. The highest BCUT2D eigenvalue weighted by atomic mass is 16.2. The van der Waals surface area contributed by atoms with Crippen LogP contribution in [0.1, 0.15) is 68.0 Å². The van der Waals surface area contributed by atoms with Crippen molar-refractivity contribution in [1.29, 1.82) is 5.26 Å². The number of nitrogens with zero attached hydrogens (tertiary/aromatic N) is 4. The van der Waals surface area contributed by atoms with E-state index in [1.807, 2.05) is 20.8 Å². The first-order valence-electron chi connectivity index (χ1n) is 10.2. The molecule has 0 atom stereocenters. The average molecular weight is 396 g/mol. The van der Waals surface area contributed by atoms with Crippen molar-refractivity contribution in [3.05, 3.63) is 28.7 Å². The molecule has 2 aromatic rings. The number of fused-ring (bicyclic) bond motifs is 1. The molecule has 8 heteroatoms. The molecule has 2 amide bonds. The van der Waals surface area contributed by atoms with Crippen molar-refractivity contribution in [2.45, 2.75) is 71.3 Å². The van der Waals surface area contributed by atoms with Gasteiger partial charge in [-0.2, -0.15) is 10.4 Å². The number of hydrogen-bond acceptors (Lipinski definition) is 5. The highest BCUT2D eigenvalue weighted by Gasteiger charge is 2.40. The minimum atomic E-state index is -0.790. The smallest absolute Gasteiger partial charge is 0.245 e. The summed E-state index contributed by atoms with van der Waals surface area (Å²) in [5.74, 6) is -0.209. The summed E-state index contributed by atoms with van der Waals surface area (Å²) in [5, 5.41) is 19.3. The first-order valence-corrected chi connectivity index (χ1v) is 10.2. The van der Waals surface area contributed by atoms with Crippen LogP contribution >= 0.6 is 0 Å². The Balaban J connectivity index is 1.74. The minimum absolute atomic E-state index is 0.0796. The zero-order chi connectivity index (χ0) is 21.0. The van der Waals surface area contributed by atoms with Gasteiger partial charge in [0.05, 0.1) is 6.20 Å². The molecule has 1 aliphatic carbocycles. The Morgan fingerprint density at radius 1 is 1.28 bits per heavy atom. The molecule has 0 radical (unpaired) electrons. The Bertz CT molecular complexity index is 966. The van der Waals surface area contributed by atoms with Crippen LogP contribution in [0, 0.1) is 25.2 Å². The van der Waals surface area contributed by atoms with Crippen LogP contribution in [0.25, 0.3) is 5.65 Å². The number of carbonyl (C=O) groups is 2. The van der Waals surface area contributed by atoms with Crippen LogP contribution < -0.4 is 10.6 Å². The summed E-state index contributed by atoms with van der Waals surface area (Å²) in [5.41, 5.74) is 2.78. The van der Waals surface area contributed by atoms with Crippen molar-refractivity contribution in [2.24, 2.45) is 0 Å². The summed E-state index contributed by atoms with van der Waals surface area (Å²) in [4.78, 5) is 29.9. The number of nitrogens with one attached hydrogen (secondary N) is 2. The number of likely N-dealkylation sites (N-methyl/N-ethyl adjacent to an activating group) is 1. The Kier molecular flexibility index (Phi) is 6.16. The monoisotopic (exact) mass is 396 g/mol. The third-order valence-corrected chi connectivity index (χ3v) is 5.79. The van der Waals surface area contributed by atoms with Gasteiger partial charge in [0, 0.05) is 24.4 Å². The summed E-state index contributed by atoms with van der Waals surface area (Å²) in [7, 11) is 0. The van der Waals surface area contributed by atoms with E-state index >= 15 is 0 Å². The molecule has 8 nitrogen and oxygen atoms in total. The van der Waals surface area contributed by atoms with E-state index in [0.717, 1.165) is 36.2 Å². The highest BCUT2D eigenvalue weighted by molar-refractivity contribution is 5.91. The third-order valence-electron chi connectivity index (χ3n) is 5.79. The minimum Gasteiger partial charge on any atom is -0.354 e. The lowest BCUT2D eigenvalue weighted by molar-refractivity contribution is -0.135. The molecule has 2 heterocycles. The Labute approximate surface area is 170 Å². The maximum atomic E-state index is 12.8. The average Bonchev–Trinajstić information content (AvgIpc) is 3.11. The molecule has 0 unspecified atom stereocenters. The van der Waals surface area contributed by atoms with Crippen molar-refractivity contribution in [2.75, 3.05) is 6.54 Å². The van der Waals surface area contributed by atoms with Gasteiger partial charge in [-0.25, -0.2) is 9.50 Å². The standard InChI is InChI=1S/C21H28N6O2/c1-4-23-20(29)21(10-6-5-7-11-21)26-18(28)9-8-17-14(2)25-19-16(12-22)13-24-27(19)15(17)3/h13H,4-11H2,1-3H3,(H,23,29)(H,26,28). The lowest BCUT2D eigenvalue weighted by Crippen LogP contribution is -2.59. The van der Waals surface area contributed by atoms with Crippen molar-refractivity contribution in [1.82, 2.24) is 25.2 Å². The van der Waals surface area contributed by atoms with E-state index in [0.29, 0.717) is 37.0 Å². The number of aryl methyl sites for hydroxylation is 2. The van der Waals surface area contributed by atoms with E-state index in [4.69, 9.17) is 0 Å². The van der Waals surface area contributed by atoms with E-state index in [-0.39, 0.29) is 18.2 Å². The van der Waals surface area contributed by atoms with Gasteiger partial charge < -0.3 is 10.6 Å². The first-order chi connectivity index (χ1) is 13.9. The Morgan fingerprint density at radius 3 is 2.66 bits per heavy atom. The molecule has 29 heavy (non-hydrogen) atoms. The summed E-state index contributed by atoms with van der Waals surface area (Å²) in [6, 6.07) is 2.10. The van der Waals surface area contributed by atoms with Crippen LogP contribution in [0.15, 0.2) is 6.20 Å². The largest absolute Gasteiger partial charge is 0.354 e. The molecule has 0 saturated heterocycles. The van der Waals surface area contributed by atoms with Crippen LogP contribution in [0.3, 0.4) is 0 Å². The molecular weight excluding hydrogens is 368 g/mol. The fourth-order valence-electron chi connectivity index (χ4n) is 4.21. The Hall–Kier alpha value is -2.95. The number of rotatable bonds is 6. The number of amides is 2. The molecule has 1 saturated carbocycles. The number of aromatic nitrogens is 3. The molecule has 1 fully saturated rings. The zero-order valence-corrected chi connectivity index (χ0v) is 17.3. The van der Waals surface area contributed by atoms with Crippen LogP contribution in [-0.2, 0) is 16.0 Å². The fourth-order valence-corrected chi connectivity index (χ4v) is 4.21. The van der Waals surface area contributed by atoms with Crippen LogP contribution in [0.2, 0.25) is 0 Å². The molecule has 154 valence electrons. The van der Waals surface area contributed by atoms with Gasteiger partial charge in [0.15, 0.2) is 5.65 Å². The normalized spacial score (nSPS) is 15.7. The molecule has 1 aliphatic rings.